The molecule has 0 bridgehead atoms. The van der Waals surface area contributed by atoms with E-state index in [-0.39, 0.29) is 0 Å². The monoisotopic (exact) mass is 233 g/mol. The average Bonchev–Trinajstić information content (AvgIpc) is 2.32. The number of rotatable bonds is 7. The molecule has 0 fully saturated rings. The van der Waals surface area contributed by atoms with Crippen molar-refractivity contribution in [3.8, 4) is 0 Å². The highest BCUT2D eigenvalue weighted by Gasteiger charge is 1.97. The molecule has 0 aliphatic rings. The molecule has 17 heavy (non-hydrogen) atoms. The van der Waals surface area contributed by atoms with Crippen LogP contribution in [0.1, 0.15) is 40.5 Å². The third-order valence-corrected chi connectivity index (χ3v) is 2.79. The molecule has 0 aliphatic carbocycles. The summed E-state index contributed by atoms with van der Waals surface area (Å²) in [5.74, 6) is 0. The van der Waals surface area contributed by atoms with Gasteiger partial charge >= 0.3 is 0 Å². The van der Waals surface area contributed by atoms with E-state index in [4.69, 9.17) is 0 Å². The lowest BCUT2D eigenvalue weighted by atomic mass is 10.1. The number of nitrogens with zero attached hydrogens (tertiary/aromatic N) is 1. The van der Waals surface area contributed by atoms with Gasteiger partial charge in [0, 0.05) is 19.3 Å². The Kier molecular flexibility index (Phi) is 8.21. The smallest absolute Gasteiger partial charge is 0.0320 e. The van der Waals surface area contributed by atoms with Crippen LogP contribution in [0.4, 0.5) is 0 Å². The van der Waals surface area contributed by atoms with Gasteiger partial charge in [0.2, 0.25) is 0 Å². The highest BCUT2D eigenvalue weighted by molar-refractivity contribution is 5.39. The zero-order valence-corrected chi connectivity index (χ0v) is 12.1. The van der Waals surface area contributed by atoms with Gasteiger partial charge in [-0.3, -0.25) is 0 Å². The van der Waals surface area contributed by atoms with Crippen LogP contribution in [0.5, 0.6) is 0 Å². The Hall–Kier alpha value is -1.24. The van der Waals surface area contributed by atoms with Crippen molar-refractivity contribution in [2.24, 2.45) is 0 Å². The number of likely N-dealkylation sites (N-methyl/N-ethyl adjacent to an activating group) is 1. The van der Waals surface area contributed by atoms with Crippen molar-refractivity contribution in [1.29, 1.82) is 0 Å². The van der Waals surface area contributed by atoms with Gasteiger partial charge in [-0.2, -0.15) is 0 Å². The fourth-order valence-electron chi connectivity index (χ4n) is 1.49. The van der Waals surface area contributed by atoms with E-state index < -0.39 is 0 Å². The molecule has 0 atom stereocenters. The van der Waals surface area contributed by atoms with E-state index in [1.807, 2.05) is 0 Å². The van der Waals surface area contributed by atoms with Crippen LogP contribution in [0.25, 0.3) is 0 Å². The Labute approximate surface area is 107 Å². The average molecular weight is 233 g/mol. The summed E-state index contributed by atoms with van der Waals surface area (Å²) in [6.07, 6.45) is 11.0. The second kappa shape index (κ2) is 8.86. The summed E-state index contributed by atoms with van der Waals surface area (Å²) in [6.45, 7) is 13.5. The molecule has 0 radical (unpaired) electrons. The molecule has 0 aromatic carbocycles. The van der Waals surface area contributed by atoms with Crippen molar-refractivity contribution < 1.29 is 0 Å². The van der Waals surface area contributed by atoms with Crippen LogP contribution in [0.2, 0.25) is 0 Å². The quantitative estimate of drug-likeness (QED) is 0.576. The lowest BCUT2D eigenvalue weighted by Crippen LogP contribution is -2.15. The molecule has 0 saturated heterocycles. The molecule has 0 aromatic heterocycles. The highest BCUT2D eigenvalue weighted by atomic mass is 15.1. The van der Waals surface area contributed by atoms with Crippen LogP contribution in [-0.4, -0.2) is 18.5 Å². The molecule has 0 spiro atoms. The van der Waals surface area contributed by atoms with E-state index in [0.717, 1.165) is 18.5 Å². The predicted octanol–water partition coefficient (Wildman–Crippen LogP) is 4.70. The Morgan fingerprint density at radius 1 is 1.24 bits per heavy atom. The van der Waals surface area contributed by atoms with Crippen LogP contribution in [0.3, 0.4) is 0 Å². The summed E-state index contributed by atoms with van der Waals surface area (Å²) in [6, 6.07) is 0. The van der Waals surface area contributed by atoms with Crippen LogP contribution < -0.4 is 0 Å². The van der Waals surface area contributed by atoms with Gasteiger partial charge in [-0.15, -0.1) is 0 Å². The number of hydrogen-bond acceptors (Lipinski definition) is 1. The van der Waals surface area contributed by atoms with E-state index in [1.165, 1.54) is 17.7 Å². The van der Waals surface area contributed by atoms with Crippen molar-refractivity contribution in [3.63, 3.8) is 0 Å². The van der Waals surface area contributed by atoms with Crippen molar-refractivity contribution in [1.82, 2.24) is 4.90 Å². The Morgan fingerprint density at radius 2 is 1.88 bits per heavy atom. The van der Waals surface area contributed by atoms with Gasteiger partial charge in [-0.05, 0) is 38.8 Å². The van der Waals surface area contributed by atoms with E-state index in [1.54, 1.807) is 0 Å². The largest absolute Gasteiger partial charge is 0.375 e. The summed E-state index contributed by atoms with van der Waals surface area (Å²) < 4.78 is 0. The molecule has 0 aromatic rings. The summed E-state index contributed by atoms with van der Waals surface area (Å²) in [5.41, 5.74) is 3.62. The summed E-state index contributed by atoms with van der Waals surface area (Å²) >= 11 is 0. The SMILES string of the molecule is C=C(C)C(=CCCC)/C=C\C(=C/C)N(C)CC. The first-order chi connectivity index (χ1) is 8.06. The highest BCUT2D eigenvalue weighted by Crippen LogP contribution is 2.13. The van der Waals surface area contributed by atoms with Crippen molar-refractivity contribution in [2.75, 3.05) is 13.6 Å². The van der Waals surface area contributed by atoms with E-state index in [0.29, 0.717) is 0 Å². The first-order valence-corrected chi connectivity index (χ1v) is 6.48. The standard InChI is InChI=1S/C16H27N/c1-7-10-11-15(14(4)5)12-13-16(8-2)17(6)9-3/h8,11-13H,4,7,9-10H2,1-3,5-6H3/b13-12-,15-11?,16-8+. The van der Waals surface area contributed by atoms with Gasteiger partial charge in [0.15, 0.2) is 0 Å². The lowest BCUT2D eigenvalue weighted by molar-refractivity contribution is 0.455. The second-order valence-electron chi connectivity index (χ2n) is 4.29. The molecule has 0 N–H and O–H groups in total. The Balaban J connectivity index is 4.81. The minimum absolute atomic E-state index is 1.02. The summed E-state index contributed by atoms with van der Waals surface area (Å²) in [4.78, 5) is 2.23. The van der Waals surface area contributed by atoms with E-state index >= 15 is 0 Å². The summed E-state index contributed by atoms with van der Waals surface area (Å²) in [5, 5.41) is 0. The van der Waals surface area contributed by atoms with Crippen LogP contribution in [-0.2, 0) is 0 Å². The molecular weight excluding hydrogens is 206 g/mol. The molecule has 0 saturated carbocycles. The fraction of sp³-hybridized carbons (Fsp3) is 0.500. The minimum atomic E-state index is 1.02. The maximum Gasteiger partial charge on any atom is 0.0320 e. The van der Waals surface area contributed by atoms with Gasteiger partial charge in [0.1, 0.15) is 0 Å². The Bertz CT molecular complexity index is 318. The number of allylic oxidation sites excluding steroid dienone is 6. The minimum Gasteiger partial charge on any atom is -0.375 e. The van der Waals surface area contributed by atoms with Crippen molar-refractivity contribution in [3.05, 3.63) is 47.7 Å². The predicted molar refractivity (Wildman–Crippen MR) is 79.0 cm³/mol. The number of hydrogen-bond donors (Lipinski definition) is 0. The first-order valence-electron chi connectivity index (χ1n) is 6.48. The van der Waals surface area contributed by atoms with E-state index in [9.17, 15) is 0 Å². The van der Waals surface area contributed by atoms with Crippen molar-refractivity contribution in [2.45, 2.75) is 40.5 Å². The molecule has 1 nitrogen and oxygen atoms in total. The third kappa shape index (κ3) is 6.15. The molecule has 0 amide bonds. The number of unbranched alkanes of at least 4 members (excludes halogenated alkanes) is 1. The zero-order valence-electron chi connectivity index (χ0n) is 12.1. The van der Waals surface area contributed by atoms with Gasteiger partial charge in [-0.25, -0.2) is 0 Å². The molecule has 0 aliphatic heterocycles. The molecule has 0 rings (SSSR count). The molecule has 1 heteroatoms. The van der Waals surface area contributed by atoms with Crippen LogP contribution in [0, 0.1) is 0 Å². The van der Waals surface area contributed by atoms with Crippen LogP contribution >= 0.6 is 0 Å². The van der Waals surface area contributed by atoms with Gasteiger partial charge in [0.05, 0.1) is 0 Å². The molecular formula is C16H27N. The second-order valence-corrected chi connectivity index (χ2v) is 4.29. The lowest BCUT2D eigenvalue weighted by Gasteiger charge is -2.17. The maximum absolute atomic E-state index is 4.02. The molecule has 0 unspecified atom stereocenters. The van der Waals surface area contributed by atoms with Gasteiger partial charge in [0.25, 0.3) is 0 Å². The third-order valence-electron chi connectivity index (χ3n) is 2.79. The molecule has 0 heterocycles. The van der Waals surface area contributed by atoms with Crippen molar-refractivity contribution >= 4 is 0 Å². The van der Waals surface area contributed by atoms with Crippen LogP contribution in [0.15, 0.2) is 47.7 Å². The first kappa shape index (κ1) is 15.8. The van der Waals surface area contributed by atoms with Gasteiger partial charge < -0.3 is 4.90 Å². The fourth-order valence-corrected chi connectivity index (χ4v) is 1.49. The zero-order chi connectivity index (χ0) is 13.3. The Morgan fingerprint density at radius 3 is 2.29 bits per heavy atom. The molecule has 96 valence electrons. The topological polar surface area (TPSA) is 3.24 Å². The van der Waals surface area contributed by atoms with E-state index in [2.05, 4.69) is 70.5 Å². The van der Waals surface area contributed by atoms with Gasteiger partial charge in [-0.1, -0.05) is 43.7 Å². The summed E-state index contributed by atoms with van der Waals surface area (Å²) in [7, 11) is 2.11. The normalized spacial score (nSPS) is 13.2. The maximum atomic E-state index is 4.02.